The second kappa shape index (κ2) is 5.82. The summed E-state index contributed by atoms with van der Waals surface area (Å²) in [5.74, 6) is -0.149. The van der Waals surface area contributed by atoms with Gasteiger partial charge in [0.25, 0.3) is 0 Å². The smallest absolute Gasteiger partial charge is 0.309 e. The highest BCUT2D eigenvalue weighted by Crippen LogP contribution is 2.49. The molecule has 0 aromatic rings. The van der Waals surface area contributed by atoms with Gasteiger partial charge in [-0.1, -0.05) is 26.7 Å². The summed E-state index contributed by atoms with van der Waals surface area (Å²) in [7, 11) is 2.22. The van der Waals surface area contributed by atoms with Gasteiger partial charge < -0.3 is 10.0 Å². The second-order valence-corrected chi connectivity index (χ2v) is 6.68. The Labute approximate surface area is 117 Å². The van der Waals surface area contributed by atoms with Gasteiger partial charge in [-0.2, -0.15) is 0 Å². The zero-order chi connectivity index (χ0) is 14.0. The number of rotatable bonds is 6. The molecule has 3 heteroatoms. The zero-order valence-electron chi connectivity index (χ0n) is 12.7. The van der Waals surface area contributed by atoms with E-state index in [0.717, 1.165) is 38.5 Å². The summed E-state index contributed by atoms with van der Waals surface area (Å²) >= 11 is 0. The van der Waals surface area contributed by atoms with Crippen LogP contribution in [0.1, 0.15) is 65.2 Å². The second-order valence-electron chi connectivity index (χ2n) is 6.68. The Kier molecular flexibility index (Phi) is 4.54. The number of nitrogens with zero attached hydrogens (tertiary/aromatic N) is 1. The molecule has 0 saturated carbocycles. The lowest BCUT2D eigenvalue weighted by atomic mass is 9.64. The van der Waals surface area contributed by atoms with Crippen molar-refractivity contribution < 1.29 is 9.90 Å². The Balaban J connectivity index is 2.21. The van der Waals surface area contributed by atoms with Crippen LogP contribution in [0.25, 0.3) is 0 Å². The van der Waals surface area contributed by atoms with E-state index in [-0.39, 0.29) is 0 Å². The van der Waals surface area contributed by atoms with E-state index >= 15 is 0 Å². The largest absolute Gasteiger partial charge is 0.481 e. The van der Waals surface area contributed by atoms with Gasteiger partial charge in [0.15, 0.2) is 0 Å². The van der Waals surface area contributed by atoms with Gasteiger partial charge in [0, 0.05) is 12.1 Å². The van der Waals surface area contributed by atoms with E-state index in [0.29, 0.717) is 18.0 Å². The summed E-state index contributed by atoms with van der Waals surface area (Å²) in [6.45, 7) is 4.24. The molecule has 0 aliphatic carbocycles. The molecule has 2 heterocycles. The maximum absolute atomic E-state index is 12.0. The van der Waals surface area contributed by atoms with Gasteiger partial charge in [-0.15, -0.1) is 0 Å². The maximum Gasteiger partial charge on any atom is 0.309 e. The predicted molar refractivity (Wildman–Crippen MR) is 77.2 cm³/mol. The minimum Gasteiger partial charge on any atom is -0.481 e. The van der Waals surface area contributed by atoms with Crippen molar-refractivity contribution in [3.8, 4) is 0 Å². The molecule has 1 N–H and O–H groups in total. The van der Waals surface area contributed by atoms with Crippen LogP contribution in [0.5, 0.6) is 0 Å². The third kappa shape index (κ3) is 2.54. The number of fused-ring (bicyclic) bond motifs is 2. The first-order chi connectivity index (χ1) is 9.05. The van der Waals surface area contributed by atoms with Crippen LogP contribution in [-0.4, -0.2) is 35.1 Å². The molecule has 0 spiro atoms. The molecule has 0 amide bonds. The lowest BCUT2D eigenvalue weighted by Gasteiger charge is -2.45. The number of carboxylic acid groups (broad SMARTS) is 1. The number of aliphatic carboxylic acids is 1. The van der Waals surface area contributed by atoms with Crippen LogP contribution in [0.4, 0.5) is 0 Å². The summed E-state index contributed by atoms with van der Waals surface area (Å²) in [4.78, 5) is 14.5. The maximum atomic E-state index is 12.0. The molecule has 0 aromatic carbocycles. The lowest BCUT2D eigenvalue weighted by Crippen LogP contribution is -2.48. The molecular weight excluding hydrogens is 238 g/mol. The van der Waals surface area contributed by atoms with Crippen molar-refractivity contribution in [2.75, 3.05) is 7.05 Å². The first kappa shape index (κ1) is 14.8. The van der Waals surface area contributed by atoms with Crippen molar-refractivity contribution in [1.82, 2.24) is 4.90 Å². The van der Waals surface area contributed by atoms with E-state index in [1.807, 2.05) is 0 Å². The normalized spacial score (nSPS) is 31.6. The minimum atomic E-state index is -0.537. The Morgan fingerprint density at radius 1 is 1.16 bits per heavy atom. The van der Waals surface area contributed by atoms with Crippen LogP contribution in [-0.2, 0) is 4.79 Å². The van der Waals surface area contributed by atoms with E-state index < -0.39 is 11.4 Å². The number of carbonyl (C=O) groups is 1. The first-order valence-corrected chi connectivity index (χ1v) is 8.00. The molecule has 2 saturated heterocycles. The molecule has 19 heavy (non-hydrogen) atoms. The summed E-state index contributed by atoms with van der Waals surface area (Å²) in [6.07, 6.45) is 8.39. The Morgan fingerprint density at radius 3 is 2.00 bits per heavy atom. The number of carboxylic acids is 1. The van der Waals surface area contributed by atoms with Crippen molar-refractivity contribution >= 4 is 5.97 Å². The van der Waals surface area contributed by atoms with Crippen LogP contribution >= 0.6 is 0 Å². The van der Waals surface area contributed by atoms with Gasteiger partial charge in [0.2, 0.25) is 0 Å². The third-order valence-corrected chi connectivity index (χ3v) is 5.70. The summed E-state index contributed by atoms with van der Waals surface area (Å²) in [5.41, 5.74) is -0.453. The topological polar surface area (TPSA) is 40.5 Å². The fourth-order valence-electron chi connectivity index (χ4n) is 4.68. The molecule has 110 valence electrons. The predicted octanol–water partition coefficient (Wildman–Crippen LogP) is 3.53. The zero-order valence-corrected chi connectivity index (χ0v) is 12.7. The molecule has 3 nitrogen and oxygen atoms in total. The number of hydrogen-bond acceptors (Lipinski definition) is 2. The number of hydrogen-bond donors (Lipinski definition) is 1. The van der Waals surface area contributed by atoms with E-state index in [9.17, 15) is 9.90 Å². The van der Waals surface area contributed by atoms with Gasteiger partial charge in [0.05, 0.1) is 5.41 Å². The quantitative estimate of drug-likeness (QED) is 0.800. The monoisotopic (exact) mass is 267 g/mol. The molecule has 0 radical (unpaired) electrons. The Morgan fingerprint density at radius 2 is 1.63 bits per heavy atom. The first-order valence-electron chi connectivity index (χ1n) is 8.00. The van der Waals surface area contributed by atoms with Gasteiger partial charge in [-0.3, -0.25) is 4.79 Å². The Hall–Kier alpha value is -0.570. The van der Waals surface area contributed by atoms with Crippen molar-refractivity contribution in [1.29, 1.82) is 0 Å². The fourth-order valence-corrected chi connectivity index (χ4v) is 4.68. The van der Waals surface area contributed by atoms with Crippen molar-refractivity contribution in [2.45, 2.75) is 77.3 Å². The molecule has 0 aromatic heterocycles. The summed E-state index contributed by atoms with van der Waals surface area (Å²) in [6, 6.07) is 1.27. The van der Waals surface area contributed by atoms with Crippen molar-refractivity contribution in [2.24, 2.45) is 11.3 Å². The van der Waals surface area contributed by atoms with Gasteiger partial charge in [-0.25, -0.2) is 0 Å². The lowest BCUT2D eigenvalue weighted by molar-refractivity contribution is -0.156. The number of piperidine rings is 1. The van der Waals surface area contributed by atoms with Crippen molar-refractivity contribution in [3.05, 3.63) is 0 Å². The van der Waals surface area contributed by atoms with Crippen LogP contribution in [0.15, 0.2) is 0 Å². The highest BCUT2D eigenvalue weighted by molar-refractivity contribution is 5.75. The van der Waals surface area contributed by atoms with Crippen LogP contribution < -0.4 is 0 Å². The molecule has 2 atom stereocenters. The molecule has 2 unspecified atom stereocenters. The van der Waals surface area contributed by atoms with Gasteiger partial charge >= 0.3 is 5.97 Å². The minimum absolute atomic E-state index is 0.388. The SMILES string of the molecule is CCCC(CCC)(C(=O)O)C1CC2CCC(C1)N2C. The molecule has 2 fully saturated rings. The van der Waals surface area contributed by atoms with Crippen LogP contribution in [0, 0.1) is 11.3 Å². The summed E-state index contributed by atoms with van der Waals surface area (Å²) in [5, 5.41) is 9.88. The fraction of sp³-hybridized carbons (Fsp3) is 0.938. The molecule has 2 aliphatic heterocycles. The standard InChI is InChI=1S/C16H29NO2/c1-4-8-16(9-5-2,15(18)19)12-10-13-6-7-14(11-12)17(13)3/h12-14H,4-11H2,1-3H3,(H,18,19). The Bertz CT molecular complexity index is 309. The molecule has 2 aliphatic rings. The van der Waals surface area contributed by atoms with E-state index in [1.165, 1.54) is 12.8 Å². The van der Waals surface area contributed by atoms with Crippen molar-refractivity contribution in [3.63, 3.8) is 0 Å². The molecule has 2 bridgehead atoms. The van der Waals surface area contributed by atoms with E-state index in [1.54, 1.807) is 0 Å². The van der Waals surface area contributed by atoms with Crippen LogP contribution in [0.2, 0.25) is 0 Å². The van der Waals surface area contributed by atoms with E-state index in [2.05, 4.69) is 25.8 Å². The highest BCUT2D eigenvalue weighted by Gasteiger charge is 2.50. The highest BCUT2D eigenvalue weighted by atomic mass is 16.4. The molecule has 2 rings (SSSR count). The van der Waals surface area contributed by atoms with E-state index in [4.69, 9.17) is 0 Å². The molecular formula is C16H29NO2. The average Bonchev–Trinajstić information content (AvgIpc) is 2.61. The summed E-state index contributed by atoms with van der Waals surface area (Å²) < 4.78 is 0. The third-order valence-electron chi connectivity index (χ3n) is 5.70. The average molecular weight is 267 g/mol. The van der Waals surface area contributed by atoms with Gasteiger partial charge in [0.1, 0.15) is 0 Å². The van der Waals surface area contributed by atoms with Gasteiger partial charge in [-0.05, 0) is 51.5 Å². The van der Waals surface area contributed by atoms with Crippen LogP contribution in [0.3, 0.4) is 0 Å².